The number of pyridine rings is 2. The molecular formula is C48H58BrClN14O4S6. The van der Waals surface area contributed by atoms with Gasteiger partial charge in [-0.1, -0.05) is 104 Å². The molecule has 7 rings (SSSR count). The van der Waals surface area contributed by atoms with Crippen LogP contribution in [0.25, 0.3) is 16.6 Å². The number of rotatable bonds is 18. The molecule has 0 aliphatic rings. The molecule has 7 aromatic rings. The quantitative estimate of drug-likeness (QED) is 0.0106. The van der Waals surface area contributed by atoms with Gasteiger partial charge in [-0.25, -0.2) is 54.8 Å². The number of thiazole rings is 1. The van der Waals surface area contributed by atoms with E-state index < -0.39 is 0 Å². The van der Waals surface area contributed by atoms with Gasteiger partial charge in [0.2, 0.25) is 0 Å². The third-order valence-corrected chi connectivity index (χ3v) is 12.2. The number of thiocarbonyl (C=S) groups is 1. The van der Waals surface area contributed by atoms with E-state index in [0.717, 1.165) is 48.4 Å². The molecule has 7 heterocycles. The van der Waals surface area contributed by atoms with Crippen LogP contribution in [0, 0.1) is 12.5 Å². The minimum Gasteiger partial charge on any atom is -0.501 e. The van der Waals surface area contributed by atoms with Crippen molar-refractivity contribution in [3.8, 4) is 23.1 Å². The standard InChI is InChI=1S/C13H11N5S2.C11H17BrN2O2S.C9H12N2OS.C6H7N3S.C5H5ClN2S.C4H6O/c1-19-12-15-7-5-9(17-12)10-8-16-13(20-10)18-11-4-2-3-6-14-11;1-4-15-10(16-5-2)9(12)8-6-7-13-11(14-8)17-3;1-3-12-7-5-8-4-6-10-9(11-8)13-2;7-6(10)9-5-3-1-2-4-8-5;1-9-5-7-3-2-4(6)8-5;1-3-5-4-2/h2-8H,1H3,(H,14,16,18);6-7,9-10H,4-5H2,1-3H3;4-7H,3H2,1-2H3;1-4H,(H3,7,8,9,10);2-3H,1H3;1H,4H2,2H3/b;;7-5+;;;. The number of aromatic nitrogens is 11. The third-order valence-electron chi connectivity index (χ3n) is 7.76. The number of nitrogens with zero attached hydrogens (tertiary/aromatic N) is 11. The molecular weight excluding hydrogens is 1140 g/mol. The van der Waals surface area contributed by atoms with E-state index in [1.807, 2.05) is 120 Å². The van der Waals surface area contributed by atoms with Gasteiger partial charge in [-0.15, -0.1) is 0 Å². The van der Waals surface area contributed by atoms with Crippen molar-refractivity contribution in [2.24, 2.45) is 5.73 Å². The fourth-order valence-electron chi connectivity index (χ4n) is 4.69. The van der Waals surface area contributed by atoms with Gasteiger partial charge in [-0.2, -0.15) is 0 Å². The second-order valence-corrected chi connectivity index (χ2v) is 18.7. The lowest BCUT2D eigenvalue weighted by Crippen LogP contribution is -2.23. The smallest absolute Gasteiger partial charge is 0.188 e. The van der Waals surface area contributed by atoms with Crippen LogP contribution in [0.5, 0.6) is 0 Å². The Hall–Kier alpha value is -5.27. The molecule has 1 atom stereocenters. The lowest BCUT2D eigenvalue weighted by Gasteiger charge is -2.21. The molecule has 1 unspecified atom stereocenters. The maximum Gasteiger partial charge on any atom is 0.188 e. The van der Waals surface area contributed by atoms with Gasteiger partial charge in [-0.3, -0.25) is 0 Å². The number of hydrogen-bond donors (Lipinski definition) is 3. The Morgan fingerprint density at radius 2 is 1.28 bits per heavy atom. The third kappa shape index (κ3) is 28.4. The van der Waals surface area contributed by atoms with E-state index in [2.05, 4.69) is 105 Å². The van der Waals surface area contributed by atoms with Crippen LogP contribution < -0.4 is 16.4 Å². The van der Waals surface area contributed by atoms with Crippen molar-refractivity contribution >= 4 is 126 Å². The highest BCUT2D eigenvalue weighted by atomic mass is 79.9. The topological polar surface area (TPSA) is 229 Å². The van der Waals surface area contributed by atoms with Crippen LogP contribution in [-0.2, 0) is 18.9 Å². The van der Waals surface area contributed by atoms with Crippen LogP contribution in [0.1, 0.15) is 43.9 Å². The van der Waals surface area contributed by atoms with Crippen LogP contribution in [-0.4, -0.2) is 118 Å². The Bertz CT molecular complexity index is 2660. The van der Waals surface area contributed by atoms with Gasteiger partial charge >= 0.3 is 0 Å². The molecule has 26 heteroatoms. The van der Waals surface area contributed by atoms with E-state index in [-0.39, 0.29) is 16.2 Å². The average Bonchev–Trinajstić information content (AvgIpc) is 3.90. The molecule has 394 valence electrons. The number of anilines is 3. The highest BCUT2D eigenvalue weighted by Crippen LogP contribution is 2.30. The summed E-state index contributed by atoms with van der Waals surface area (Å²) in [5.74, 6) is 1.45. The fourth-order valence-corrected chi connectivity index (χ4v) is 7.77. The summed E-state index contributed by atoms with van der Waals surface area (Å²) in [5, 5.41) is 10.4. The summed E-state index contributed by atoms with van der Waals surface area (Å²) in [4.78, 5) is 46.7. The SMILES string of the molecule is C#COCC.CCO/C=C/c1ccnc(SC)n1.CCOC(OCC)C(Br)c1ccnc(SC)n1.CSc1nccc(-c2cnc(Nc3ccccn3)s2)n1.CSc1nccc(Cl)n1.NC(=S)Nc1ccccn1. The molecule has 0 radical (unpaired) electrons. The highest BCUT2D eigenvalue weighted by Gasteiger charge is 2.23. The first kappa shape index (κ1) is 64.8. The van der Waals surface area contributed by atoms with E-state index in [0.29, 0.717) is 42.6 Å². The summed E-state index contributed by atoms with van der Waals surface area (Å²) >= 11 is 21.3. The largest absolute Gasteiger partial charge is 0.501 e. The first-order valence-corrected chi connectivity index (χ1v) is 29.4. The zero-order chi connectivity index (χ0) is 54.2. The molecule has 4 N–H and O–H groups in total. The molecule has 18 nitrogen and oxygen atoms in total. The monoisotopic (exact) mass is 1200 g/mol. The maximum absolute atomic E-state index is 5.56. The average molecular weight is 1200 g/mol. The van der Waals surface area contributed by atoms with Crippen LogP contribution >= 0.6 is 98.1 Å². The van der Waals surface area contributed by atoms with Gasteiger partial charge in [0, 0.05) is 56.6 Å². The normalized spacial score (nSPS) is 10.4. The molecule has 0 aliphatic carbocycles. The molecule has 0 saturated heterocycles. The van der Waals surface area contributed by atoms with Gasteiger partial charge in [0.1, 0.15) is 27.7 Å². The number of terminal acetylenes is 1. The molecule has 74 heavy (non-hydrogen) atoms. The van der Waals surface area contributed by atoms with E-state index in [4.69, 9.17) is 31.5 Å². The molecule has 0 fully saturated rings. The predicted octanol–water partition coefficient (Wildman–Crippen LogP) is 11.9. The Balaban J connectivity index is 0.000000318. The van der Waals surface area contributed by atoms with Gasteiger partial charge in [0.05, 0.1) is 41.4 Å². The summed E-state index contributed by atoms with van der Waals surface area (Å²) in [7, 11) is 0. The van der Waals surface area contributed by atoms with E-state index in [9.17, 15) is 0 Å². The molecule has 0 amide bonds. The zero-order valence-electron chi connectivity index (χ0n) is 41.9. The second-order valence-electron chi connectivity index (χ2n) is 12.8. The lowest BCUT2D eigenvalue weighted by atomic mass is 10.3. The van der Waals surface area contributed by atoms with Crippen LogP contribution in [0.15, 0.2) is 131 Å². The second kappa shape index (κ2) is 41.0. The number of ether oxygens (including phenoxy) is 4. The predicted molar refractivity (Wildman–Crippen MR) is 313 cm³/mol. The minimum absolute atomic E-state index is 0.0868. The van der Waals surface area contributed by atoms with Gasteiger partial charge in [0.15, 0.2) is 37.2 Å². The lowest BCUT2D eigenvalue weighted by molar-refractivity contribution is -0.135. The summed E-state index contributed by atoms with van der Waals surface area (Å²) in [6, 6.07) is 18.4. The first-order valence-electron chi connectivity index (χ1n) is 22.0. The fraction of sp³-hybridized carbons (Fsp3) is 0.292. The zero-order valence-corrected chi connectivity index (χ0v) is 49.1. The van der Waals surface area contributed by atoms with E-state index in [1.165, 1.54) is 58.4 Å². The molecule has 7 aromatic heterocycles. The molecule has 0 aliphatic heterocycles. The molecule has 0 saturated carbocycles. The Morgan fingerprint density at radius 1 is 0.716 bits per heavy atom. The van der Waals surface area contributed by atoms with Crippen molar-refractivity contribution in [3.63, 3.8) is 0 Å². The number of nitrogens with two attached hydrogens (primary N) is 1. The van der Waals surface area contributed by atoms with Crippen molar-refractivity contribution in [2.45, 2.75) is 59.4 Å². The number of thioether (sulfide) groups is 4. The highest BCUT2D eigenvalue weighted by molar-refractivity contribution is 9.09. The Morgan fingerprint density at radius 3 is 1.80 bits per heavy atom. The van der Waals surface area contributed by atoms with Crippen molar-refractivity contribution in [1.29, 1.82) is 0 Å². The van der Waals surface area contributed by atoms with Gasteiger partial charge in [-0.05, 0) is 120 Å². The van der Waals surface area contributed by atoms with Gasteiger partial charge in [0.25, 0.3) is 0 Å². The van der Waals surface area contributed by atoms with Crippen LogP contribution in [0.3, 0.4) is 0 Å². The van der Waals surface area contributed by atoms with Gasteiger partial charge < -0.3 is 35.3 Å². The Labute approximate surface area is 473 Å². The molecule has 0 spiro atoms. The number of hydrogen-bond acceptors (Lipinski definition) is 22. The van der Waals surface area contributed by atoms with Crippen molar-refractivity contribution in [1.82, 2.24) is 54.8 Å². The summed E-state index contributed by atoms with van der Waals surface area (Å²) < 4.78 is 20.5. The van der Waals surface area contributed by atoms with Crippen LogP contribution in [0.4, 0.5) is 16.8 Å². The van der Waals surface area contributed by atoms with Crippen molar-refractivity contribution in [2.75, 3.05) is 62.1 Å². The molecule has 0 aromatic carbocycles. The van der Waals surface area contributed by atoms with Crippen molar-refractivity contribution in [3.05, 3.63) is 127 Å². The Kier molecular flexibility index (Phi) is 36.0. The first-order chi connectivity index (χ1) is 36.0. The summed E-state index contributed by atoms with van der Waals surface area (Å²) in [5.41, 5.74) is 7.83. The number of alkyl halides is 1. The van der Waals surface area contributed by atoms with E-state index >= 15 is 0 Å². The van der Waals surface area contributed by atoms with E-state index in [1.54, 1.807) is 55.6 Å². The number of halogens is 2. The maximum atomic E-state index is 5.56. The summed E-state index contributed by atoms with van der Waals surface area (Å²) in [6.07, 6.45) is 29.7. The minimum atomic E-state index is -0.324. The number of nitrogens with one attached hydrogen (secondary N) is 2. The molecule has 0 bridgehead atoms. The summed E-state index contributed by atoms with van der Waals surface area (Å²) in [6.45, 7) is 10.2. The van der Waals surface area contributed by atoms with Crippen LogP contribution in [0.2, 0.25) is 5.15 Å². The van der Waals surface area contributed by atoms with Crippen molar-refractivity contribution < 1.29 is 18.9 Å².